The molecule has 1 unspecified atom stereocenters. The lowest BCUT2D eigenvalue weighted by atomic mass is 10.1. The molecule has 1 saturated heterocycles. The third-order valence-corrected chi connectivity index (χ3v) is 5.37. The van der Waals surface area contributed by atoms with Gasteiger partial charge in [-0.25, -0.2) is 5.43 Å². The number of hydrazone groups is 1. The van der Waals surface area contributed by atoms with Gasteiger partial charge in [-0.1, -0.05) is 15.9 Å². The van der Waals surface area contributed by atoms with E-state index in [1.165, 1.54) is 0 Å². The van der Waals surface area contributed by atoms with E-state index in [-0.39, 0.29) is 24.2 Å². The number of thiophene rings is 1. The molecule has 0 radical (unpaired) electrons. The summed E-state index contributed by atoms with van der Waals surface area (Å²) in [5.74, 6) is -0.660. The number of halogens is 1. The van der Waals surface area contributed by atoms with Crippen LogP contribution in [0, 0.1) is 12.8 Å². The highest BCUT2D eigenvalue weighted by molar-refractivity contribution is 9.10. The van der Waals surface area contributed by atoms with E-state index in [0.717, 1.165) is 20.6 Å². The minimum Gasteiger partial charge on any atom is -0.312 e. The molecule has 1 fully saturated rings. The Morgan fingerprint density at radius 1 is 1.38 bits per heavy atom. The zero-order chi connectivity index (χ0) is 17.1. The maximum absolute atomic E-state index is 12.2. The summed E-state index contributed by atoms with van der Waals surface area (Å²) < 4.78 is 0.949. The highest BCUT2D eigenvalue weighted by Crippen LogP contribution is 2.26. The first-order chi connectivity index (χ1) is 11.5. The number of hydrogen-bond donors (Lipinski definition) is 1. The molecule has 2 amide bonds. The van der Waals surface area contributed by atoms with Crippen molar-refractivity contribution in [2.24, 2.45) is 11.0 Å². The molecular formula is C17H16BrN3O2S. The fraction of sp³-hybridized carbons (Fsp3) is 0.235. The predicted octanol–water partition coefficient (Wildman–Crippen LogP) is 3.32. The van der Waals surface area contributed by atoms with E-state index in [1.54, 1.807) is 22.5 Å². The van der Waals surface area contributed by atoms with Crippen LogP contribution in [0.1, 0.15) is 16.9 Å². The van der Waals surface area contributed by atoms with Gasteiger partial charge < -0.3 is 4.90 Å². The molecule has 3 rings (SSSR count). The summed E-state index contributed by atoms with van der Waals surface area (Å²) in [6.07, 6.45) is 1.84. The summed E-state index contributed by atoms with van der Waals surface area (Å²) in [4.78, 5) is 27.1. The van der Waals surface area contributed by atoms with Crippen molar-refractivity contribution in [2.45, 2.75) is 13.3 Å². The van der Waals surface area contributed by atoms with Crippen molar-refractivity contribution in [1.29, 1.82) is 0 Å². The van der Waals surface area contributed by atoms with Crippen molar-refractivity contribution in [3.63, 3.8) is 0 Å². The van der Waals surface area contributed by atoms with Crippen LogP contribution in [0.2, 0.25) is 0 Å². The van der Waals surface area contributed by atoms with Crippen molar-refractivity contribution in [3.05, 3.63) is 50.6 Å². The van der Waals surface area contributed by atoms with Gasteiger partial charge in [-0.3, -0.25) is 9.59 Å². The Kier molecular flexibility index (Phi) is 5.11. The third kappa shape index (κ3) is 3.73. The summed E-state index contributed by atoms with van der Waals surface area (Å²) in [5, 5.41) is 5.98. The van der Waals surface area contributed by atoms with Crippen LogP contribution in [0.5, 0.6) is 0 Å². The van der Waals surface area contributed by atoms with Gasteiger partial charge in [0.25, 0.3) is 0 Å². The summed E-state index contributed by atoms with van der Waals surface area (Å²) in [7, 11) is 0. The lowest BCUT2D eigenvalue weighted by molar-refractivity contribution is -0.126. The topological polar surface area (TPSA) is 61.8 Å². The quantitative estimate of drug-likeness (QED) is 0.626. The first kappa shape index (κ1) is 16.9. The third-order valence-electron chi connectivity index (χ3n) is 3.89. The monoisotopic (exact) mass is 405 g/mol. The number of carbonyl (C=O) groups is 2. The fourth-order valence-electron chi connectivity index (χ4n) is 2.52. The maximum atomic E-state index is 12.2. The second-order valence-electron chi connectivity index (χ2n) is 5.58. The zero-order valence-corrected chi connectivity index (χ0v) is 15.4. The number of nitrogens with one attached hydrogen (secondary N) is 1. The van der Waals surface area contributed by atoms with Crippen LogP contribution in [-0.4, -0.2) is 24.6 Å². The van der Waals surface area contributed by atoms with E-state index in [4.69, 9.17) is 0 Å². The van der Waals surface area contributed by atoms with Crippen LogP contribution in [0.3, 0.4) is 0 Å². The SMILES string of the molecule is Cc1ccsc1/C=N/NC(=O)C1CC(=O)N(c2ccc(Br)cc2)C1. The molecule has 0 aliphatic carbocycles. The number of amides is 2. The highest BCUT2D eigenvalue weighted by Gasteiger charge is 2.35. The molecule has 2 heterocycles. The van der Waals surface area contributed by atoms with Crippen LogP contribution in [0.15, 0.2) is 45.3 Å². The molecule has 0 spiro atoms. The summed E-state index contributed by atoms with van der Waals surface area (Å²) in [6, 6.07) is 9.48. The van der Waals surface area contributed by atoms with Crippen molar-refractivity contribution < 1.29 is 9.59 Å². The van der Waals surface area contributed by atoms with Crippen LogP contribution in [0.4, 0.5) is 5.69 Å². The number of nitrogens with zero attached hydrogens (tertiary/aromatic N) is 2. The molecule has 1 aromatic carbocycles. The first-order valence-electron chi connectivity index (χ1n) is 7.47. The Hall–Kier alpha value is -1.99. The van der Waals surface area contributed by atoms with Crippen molar-refractivity contribution in [2.75, 3.05) is 11.4 Å². The van der Waals surface area contributed by atoms with Crippen molar-refractivity contribution >= 4 is 51.0 Å². The number of carbonyl (C=O) groups excluding carboxylic acids is 2. The lowest BCUT2D eigenvalue weighted by Crippen LogP contribution is -2.30. The van der Waals surface area contributed by atoms with Crippen LogP contribution < -0.4 is 10.3 Å². The van der Waals surface area contributed by atoms with Gasteiger partial charge in [-0.2, -0.15) is 5.10 Å². The van der Waals surface area contributed by atoms with Gasteiger partial charge >= 0.3 is 0 Å². The van der Waals surface area contributed by atoms with Crippen LogP contribution >= 0.6 is 27.3 Å². The van der Waals surface area contributed by atoms with E-state index in [0.29, 0.717) is 6.54 Å². The number of rotatable bonds is 4. The highest BCUT2D eigenvalue weighted by atomic mass is 79.9. The van der Waals surface area contributed by atoms with Crippen molar-refractivity contribution in [1.82, 2.24) is 5.43 Å². The number of benzene rings is 1. The second-order valence-corrected chi connectivity index (χ2v) is 7.45. The Labute approximate surface area is 152 Å². The Bertz CT molecular complexity index is 785. The average molecular weight is 406 g/mol. The second kappa shape index (κ2) is 7.27. The average Bonchev–Trinajstić information content (AvgIpc) is 3.14. The number of hydrogen-bond acceptors (Lipinski definition) is 4. The van der Waals surface area contributed by atoms with Crippen molar-refractivity contribution in [3.8, 4) is 0 Å². The van der Waals surface area contributed by atoms with E-state index in [2.05, 4.69) is 26.5 Å². The smallest absolute Gasteiger partial charge is 0.245 e. The Morgan fingerprint density at radius 3 is 2.79 bits per heavy atom. The molecule has 0 saturated carbocycles. The lowest BCUT2D eigenvalue weighted by Gasteiger charge is -2.16. The summed E-state index contributed by atoms with van der Waals surface area (Å²) in [5.41, 5.74) is 4.47. The maximum Gasteiger partial charge on any atom is 0.245 e. The van der Waals surface area contributed by atoms with E-state index < -0.39 is 0 Å². The summed E-state index contributed by atoms with van der Waals surface area (Å²) in [6.45, 7) is 2.37. The molecule has 1 atom stereocenters. The van der Waals surface area contributed by atoms with Gasteiger partial charge in [0, 0.05) is 28.0 Å². The first-order valence-corrected chi connectivity index (χ1v) is 9.15. The van der Waals surface area contributed by atoms with Gasteiger partial charge in [-0.05, 0) is 48.2 Å². The molecule has 1 N–H and O–H groups in total. The normalized spacial score (nSPS) is 17.7. The van der Waals surface area contributed by atoms with Crippen LogP contribution in [0.25, 0.3) is 0 Å². The zero-order valence-electron chi connectivity index (χ0n) is 13.0. The molecule has 2 aromatic rings. The Morgan fingerprint density at radius 2 is 2.12 bits per heavy atom. The summed E-state index contributed by atoms with van der Waals surface area (Å²) >= 11 is 4.94. The minimum atomic E-state index is -0.386. The molecule has 0 bridgehead atoms. The Balaban J connectivity index is 1.60. The standard InChI is InChI=1S/C17H16BrN3O2S/c1-11-6-7-24-15(11)9-19-20-17(23)12-8-16(22)21(10-12)14-4-2-13(18)3-5-14/h2-7,9,12H,8,10H2,1H3,(H,20,23)/b19-9+. The largest absolute Gasteiger partial charge is 0.312 e. The molecule has 1 aromatic heterocycles. The van der Waals surface area contributed by atoms with Gasteiger partial charge in [-0.15, -0.1) is 11.3 Å². The number of aryl methyl sites for hydroxylation is 1. The van der Waals surface area contributed by atoms with Crippen LogP contribution in [-0.2, 0) is 9.59 Å². The fourth-order valence-corrected chi connectivity index (χ4v) is 3.57. The molecule has 124 valence electrons. The minimum absolute atomic E-state index is 0.0458. The van der Waals surface area contributed by atoms with Gasteiger partial charge in [0.15, 0.2) is 0 Å². The molecule has 7 heteroatoms. The molecule has 5 nitrogen and oxygen atoms in total. The molecule has 24 heavy (non-hydrogen) atoms. The van der Waals surface area contributed by atoms with E-state index >= 15 is 0 Å². The van der Waals surface area contributed by atoms with E-state index in [9.17, 15) is 9.59 Å². The van der Waals surface area contributed by atoms with Gasteiger partial charge in [0.05, 0.1) is 12.1 Å². The molecule has 1 aliphatic rings. The van der Waals surface area contributed by atoms with E-state index in [1.807, 2.05) is 42.6 Å². The molecule has 1 aliphatic heterocycles. The predicted molar refractivity (Wildman–Crippen MR) is 99.4 cm³/mol. The van der Waals surface area contributed by atoms with Gasteiger partial charge in [0.1, 0.15) is 0 Å². The number of anilines is 1. The molecular weight excluding hydrogens is 390 g/mol. The van der Waals surface area contributed by atoms with Gasteiger partial charge in [0.2, 0.25) is 11.8 Å².